The molecule has 1 N–H and O–H groups in total. The van der Waals surface area contributed by atoms with Crippen LogP contribution in [0.2, 0.25) is 0 Å². The zero-order valence-electron chi connectivity index (χ0n) is 19.9. The highest BCUT2D eigenvalue weighted by Crippen LogP contribution is 2.42. The Balaban J connectivity index is 2.18. The van der Waals surface area contributed by atoms with Crippen LogP contribution in [0.25, 0.3) is 45.3 Å². The number of hydrogen-bond donors (Lipinski definition) is 1. The highest BCUT2D eigenvalue weighted by Gasteiger charge is 2.25. The zero-order chi connectivity index (χ0) is 23.7. The van der Waals surface area contributed by atoms with Gasteiger partial charge in [0.15, 0.2) is 5.76 Å². The van der Waals surface area contributed by atoms with Crippen molar-refractivity contribution in [3.05, 3.63) is 84.2 Å². The normalized spacial score (nSPS) is 13.2. The van der Waals surface area contributed by atoms with Crippen molar-refractivity contribution >= 4 is 33.8 Å². The van der Waals surface area contributed by atoms with Crippen molar-refractivity contribution in [3.63, 3.8) is 0 Å². The highest BCUT2D eigenvalue weighted by atomic mass is 16.3. The minimum absolute atomic E-state index is 0.0104. The fourth-order valence-electron chi connectivity index (χ4n) is 4.72. The Bertz CT molecular complexity index is 1340. The van der Waals surface area contributed by atoms with Crippen LogP contribution in [0.3, 0.4) is 0 Å². The summed E-state index contributed by atoms with van der Waals surface area (Å²) in [5.41, 5.74) is 5.26. The summed E-state index contributed by atoms with van der Waals surface area (Å²) in [5.74, 6) is 1.51. The summed E-state index contributed by atoms with van der Waals surface area (Å²) in [7, 11) is 4.17. The maximum Gasteiger partial charge on any atom is 0.152 e. The number of hydrogen-bond acceptors (Lipinski definition) is 3. The van der Waals surface area contributed by atoms with E-state index in [1.54, 1.807) is 12.2 Å². The Morgan fingerprint density at radius 3 is 2.55 bits per heavy atom. The molecule has 4 heteroatoms. The molecule has 0 aliphatic carbocycles. The van der Waals surface area contributed by atoms with E-state index in [-0.39, 0.29) is 12.6 Å². The monoisotopic (exact) mass is 440 g/mol. The predicted molar refractivity (Wildman–Crippen MR) is 140 cm³/mol. The first-order chi connectivity index (χ1) is 15.9. The van der Waals surface area contributed by atoms with Crippen LogP contribution in [0.15, 0.2) is 71.7 Å². The average Bonchev–Trinajstić information content (AvgIpc) is 3.37. The summed E-state index contributed by atoms with van der Waals surface area (Å²) in [4.78, 5) is 2.19. The molecule has 2 aromatic heterocycles. The molecule has 2 aromatic carbocycles. The van der Waals surface area contributed by atoms with Gasteiger partial charge in [0, 0.05) is 29.1 Å². The van der Waals surface area contributed by atoms with E-state index >= 15 is 0 Å². The lowest BCUT2D eigenvalue weighted by Gasteiger charge is -2.17. The minimum Gasteiger partial charge on any atom is -0.455 e. The second kappa shape index (κ2) is 9.26. The molecule has 0 aliphatic heterocycles. The van der Waals surface area contributed by atoms with Gasteiger partial charge in [-0.15, -0.1) is 0 Å². The number of rotatable bonds is 8. The Kier molecular flexibility index (Phi) is 6.41. The maximum atomic E-state index is 9.67. The second-order valence-electron chi connectivity index (χ2n) is 8.87. The van der Waals surface area contributed by atoms with Gasteiger partial charge < -0.3 is 19.0 Å². The van der Waals surface area contributed by atoms with Crippen LogP contribution in [0, 0.1) is 0 Å². The Hall–Kier alpha value is -3.34. The van der Waals surface area contributed by atoms with Gasteiger partial charge in [0.25, 0.3) is 0 Å². The van der Waals surface area contributed by atoms with Crippen molar-refractivity contribution in [2.75, 3.05) is 20.7 Å². The lowest BCUT2D eigenvalue weighted by atomic mass is 10.0. The van der Waals surface area contributed by atoms with Crippen molar-refractivity contribution in [1.29, 1.82) is 0 Å². The predicted octanol–water partition coefficient (Wildman–Crippen LogP) is 6.90. The average molecular weight is 441 g/mol. The second-order valence-corrected chi connectivity index (χ2v) is 8.87. The van der Waals surface area contributed by atoms with Gasteiger partial charge in [0.2, 0.25) is 0 Å². The van der Waals surface area contributed by atoms with Crippen molar-refractivity contribution in [1.82, 2.24) is 9.47 Å². The molecule has 1 unspecified atom stereocenters. The number of aliphatic hydroxyl groups excluding tert-OH is 1. The van der Waals surface area contributed by atoms with Gasteiger partial charge >= 0.3 is 0 Å². The van der Waals surface area contributed by atoms with E-state index in [2.05, 4.69) is 86.1 Å². The van der Waals surface area contributed by atoms with Gasteiger partial charge in [-0.25, -0.2) is 0 Å². The van der Waals surface area contributed by atoms with Crippen molar-refractivity contribution in [2.45, 2.75) is 26.4 Å². The van der Waals surface area contributed by atoms with Gasteiger partial charge in [-0.3, -0.25) is 0 Å². The van der Waals surface area contributed by atoms with Gasteiger partial charge in [0.05, 0.1) is 17.8 Å². The van der Waals surface area contributed by atoms with E-state index in [9.17, 15) is 5.11 Å². The van der Waals surface area contributed by atoms with Crippen molar-refractivity contribution in [3.8, 4) is 11.5 Å². The van der Waals surface area contributed by atoms with Crippen LogP contribution in [-0.2, 0) is 6.54 Å². The summed E-state index contributed by atoms with van der Waals surface area (Å²) in [5, 5.41) is 13.3. The SMILES string of the molecule is C=Cc1cc(-c2c(CN(C)C)c3c4ccccc4ccc3n2C(C)/C=C(\C)CO)oc1C=C. The van der Waals surface area contributed by atoms with E-state index in [0.29, 0.717) is 5.76 Å². The first kappa shape index (κ1) is 22.8. The lowest BCUT2D eigenvalue weighted by molar-refractivity contribution is 0.330. The number of aromatic nitrogens is 1. The lowest BCUT2D eigenvalue weighted by Crippen LogP contribution is -2.12. The van der Waals surface area contributed by atoms with E-state index < -0.39 is 0 Å². The van der Waals surface area contributed by atoms with Crippen molar-refractivity contribution < 1.29 is 9.52 Å². The number of aliphatic hydroxyl groups is 1. The molecular formula is C29H32N2O2. The number of nitrogens with zero attached hydrogens (tertiary/aromatic N) is 2. The topological polar surface area (TPSA) is 41.5 Å². The Morgan fingerprint density at radius 2 is 1.91 bits per heavy atom. The van der Waals surface area contributed by atoms with Gasteiger partial charge in [-0.05, 0) is 56.9 Å². The third-order valence-electron chi connectivity index (χ3n) is 6.08. The molecule has 4 nitrogen and oxygen atoms in total. The van der Waals surface area contributed by atoms with E-state index in [1.165, 1.54) is 21.7 Å². The summed E-state index contributed by atoms with van der Waals surface area (Å²) in [6.45, 7) is 12.8. The molecule has 1 atom stereocenters. The Labute approximate surface area is 195 Å². The van der Waals surface area contributed by atoms with Crippen LogP contribution in [0.4, 0.5) is 0 Å². The van der Waals surface area contributed by atoms with Gasteiger partial charge in [0.1, 0.15) is 5.76 Å². The molecule has 0 radical (unpaired) electrons. The van der Waals surface area contributed by atoms with Crippen LogP contribution in [0.5, 0.6) is 0 Å². The van der Waals surface area contributed by atoms with Crippen LogP contribution in [0.1, 0.15) is 36.8 Å². The molecule has 0 bridgehead atoms. The molecule has 0 spiro atoms. The first-order valence-electron chi connectivity index (χ1n) is 11.3. The van der Waals surface area contributed by atoms with Gasteiger partial charge in [-0.2, -0.15) is 0 Å². The highest BCUT2D eigenvalue weighted by molar-refractivity contribution is 6.11. The molecule has 33 heavy (non-hydrogen) atoms. The van der Waals surface area contributed by atoms with Crippen LogP contribution in [-0.4, -0.2) is 35.3 Å². The molecule has 4 rings (SSSR count). The summed E-state index contributed by atoms with van der Waals surface area (Å²) < 4.78 is 8.66. The third-order valence-corrected chi connectivity index (χ3v) is 6.08. The first-order valence-corrected chi connectivity index (χ1v) is 11.3. The molecular weight excluding hydrogens is 408 g/mol. The molecule has 4 aromatic rings. The molecule has 0 saturated carbocycles. The summed E-state index contributed by atoms with van der Waals surface area (Å²) in [6, 6.07) is 15.0. The largest absolute Gasteiger partial charge is 0.455 e. The van der Waals surface area contributed by atoms with Crippen LogP contribution < -0.4 is 0 Å². The zero-order valence-corrected chi connectivity index (χ0v) is 19.9. The maximum absolute atomic E-state index is 9.67. The molecule has 0 aliphatic rings. The minimum atomic E-state index is 0.0104. The summed E-state index contributed by atoms with van der Waals surface area (Å²) in [6.07, 6.45) is 5.65. The van der Waals surface area contributed by atoms with E-state index in [0.717, 1.165) is 34.7 Å². The third kappa shape index (κ3) is 4.08. The summed E-state index contributed by atoms with van der Waals surface area (Å²) >= 11 is 0. The van der Waals surface area contributed by atoms with E-state index in [1.807, 2.05) is 13.0 Å². The number of furan rings is 1. The number of fused-ring (bicyclic) bond motifs is 3. The number of benzene rings is 2. The Morgan fingerprint density at radius 1 is 1.15 bits per heavy atom. The smallest absolute Gasteiger partial charge is 0.152 e. The molecule has 0 amide bonds. The standard InChI is InChI=1S/C29H32N2O2/c1-7-21-16-27(33-26(21)8-2)29-24(17-30(5)6)28-23-12-10-9-11-22(23)13-14-25(28)31(29)20(4)15-19(3)18-32/h7-16,20,32H,1-2,17-18H2,3-6H3/b19-15+. The van der Waals surface area contributed by atoms with Crippen LogP contribution >= 0.6 is 0 Å². The van der Waals surface area contributed by atoms with Gasteiger partial charge in [-0.1, -0.05) is 61.2 Å². The number of allylic oxidation sites excluding steroid dienone is 1. The molecule has 0 saturated heterocycles. The fourth-order valence-corrected chi connectivity index (χ4v) is 4.72. The molecule has 2 heterocycles. The van der Waals surface area contributed by atoms with E-state index in [4.69, 9.17) is 4.42 Å². The quantitative estimate of drug-likeness (QED) is 0.303. The molecule has 170 valence electrons. The fraction of sp³-hybridized carbons (Fsp3) is 0.241. The van der Waals surface area contributed by atoms with Crippen molar-refractivity contribution in [2.24, 2.45) is 0 Å². The molecule has 0 fully saturated rings.